The van der Waals surface area contributed by atoms with Gasteiger partial charge in [-0.15, -0.1) is 0 Å². The number of nitrogens with two attached hydrogens (primary N) is 1. The lowest BCUT2D eigenvalue weighted by molar-refractivity contribution is 0.562. The van der Waals surface area contributed by atoms with Crippen LogP contribution in [-0.2, 0) is 9.84 Å². The molecule has 5 nitrogen and oxygen atoms in total. The molecule has 18 heavy (non-hydrogen) atoms. The van der Waals surface area contributed by atoms with Gasteiger partial charge in [-0.25, -0.2) is 8.42 Å². The Hall–Kier alpha value is -1.82. The van der Waals surface area contributed by atoms with Gasteiger partial charge >= 0.3 is 0 Å². The molecule has 1 aromatic heterocycles. The first-order chi connectivity index (χ1) is 8.38. The van der Waals surface area contributed by atoms with Gasteiger partial charge < -0.3 is 5.73 Å². The first-order valence-corrected chi connectivity index (χ1v) is 7.37. The van der Waals surface area contributed by atoms with Gasteiger partial charge in [0.05, 0.1) is 12.2 Å². The summed E-state index contributed by atoms with van der Waals surface area (Å²) in [6.45, 7) is 1.95. The Morgan fingerprint density at radius 3 is 2.39 bits per heavy atom. The summed E-state index contributed by atoms with van der Waals surface area (Å²) in [6, 6.07) is 7.39. The van der Waals surface area contributed by atoms with Gasteiger partial charge in [-0.1, -0.05) is 12.1 Å². The molecule has 2 rings (SSSR count). The highest BCUT2D eigenvalue weighted by molar-refractivity contribution is 7.90. The average molecular weight is 265 g/mol. The van der Waals surface area contributed by atoms with Crippen LogP contribution in [0.3, 0.4) is 0 Å². The molecule has 2 N–H and O–H groups in total. The lowest BCUT2D eigenvalue weighted by Crippen LogP contribution is -2.07. The third-order valence-electron chi connectivity index (χ3n) is 2.82. The number of nitrogen functional groups attached to an aromatic ring is 1. The van der Waals surface area contributed by atoms with Crippen molar-refractivity contribution in [3.63, 3.8) is 0 Å². The third kappa shape index (κ3) is 2.53. The van der Waals surface area contributed by atoms with Crippen LogP contribution in [0.25, 0.3) is 0 Å². The van der Waals surface area contributed by atoms with E-state index in [0.29, 0.717) is 5.69 Å². The molecule has 96 valence electrons. The Labute approximate surface area is 106 Å². The Morgan fingerprint density at radius 2 is 1.89 bits per heavy atom. The zero-order valence-electron chi connectivity index (χ0n) is 10.2. The van der Waals surface area contributed by atoms with Gasteiger partial charge in [0.25, 0.3) is 0 Å². The largest absolute Gasteiger partial charge is 0.399 e. The van der Waals surface area contributed by atoms with Crippen molar-refractivity contribution in [3.8, 4) is 0 Å². The smallest absolute Gasteiger partial charge is 0.178 e. The standard InChI is InChI=1S/C12H15N3O2S/c1-9(10-3-5-11(13)6-4-10)15-8-12(7-14-15)18(2,16)17/h3-9H,13H2,1-2H3. The summed E-state index contributed by atoms with van der Waals surface area (Å²) in [7, 11) is -3.21. The number of hydrogen-bond acceptors (Lipinski definition) is 4. The van der Waals surface area contributed by atoms with E-state index in [2.05, 4.69) is 5.10 Å². The zero-order chi connectivity index (χ0) is 13.3. The fourth-order valence-corrected chi connectivity index (χ4v) is 2.19. The number of benzene rings is 1. The van der Waals surface area contributed by atoms with E-state index in [1.54, 1.807) is 4.68 Å². The molecule has 1 unspecified atom stereocenters. The van der Waals surface area contributed by atoms with Gasteiger partial charge in [-0.3, -0.25) is 4.68 Å². The fourth-order valence-electron chi connectivity index (χ4n) is 1.65. The normalized spacial score (nSPS) is 13.4. The maximum Gasteiger partial charge on any atom is 0.178 e. The van der Waals surface area contributed by atoms with E-state index >= 15 is 0 Å². The summed E-state index contributed by atoms with van der Waals surface area (Å²) < 4.78 is 24.4. The average Bonchev–Trinajstić information content (AvgIpc) is 2.78. The molecule has 2 aromatic rings. The monoisotopic (exact) mass is 265 g/mol. The minimum atomic E-state index is -3.21. The maximum atomic E-state index is 11.4. The number of hydrogen-bond donors (Lipinski definition) is 1. The van der Waals surface area contributed by atoms with Crippen LogP contribution in [0, 0.1) is 0 Å². The molecule has 0 fully saturated rings. The van der Waals surface area contributed by atoms with Crippen molar-refractivity contribution < 1.29 is 8.42 Å². The van der Waals surface area contributed by atoms with Gasteiger partial charge in [-0.05, 0) is 24.6 Å². The second-order valence-electron chi connectivity index (χ2n) is 4.27. The summed E-state index contributed by atoms with van der Waals surface area (Å²) >= 11 is 0. The minimum Gasteiger partial charge on any atom is -0.399 e. The summed E-state index contributed by atoms with van der Waals surface area (Å²) in [5, 5.41) is 4.09. The highest BCUT2D eigenvalue weighted by Crippen LogP contribution is 2.19. The Kier molecular flexibility index (Phi) is 3.13. The SMILES string of the molecule is CC(c1ccc(N)cc1)n1cc(S(C)(=O)=O)cn1. The van der Waals surface area contributed by atoms with Crippen LogP contribution in [0.15, 0.2) is 41.6 Å². The molecule has 0 amide bonds. The van der Waals surface area contributed by atoms with Crippen LogP contribution in [0.1, 0.15) is 18.5 Å². The molecule has 1 heterocycles. The van der Waals surface area contributed by atoms with E-state index in [1.807, 2.05) is 31.2 Å². The topological polar surface area (TPSA) is 78.0 Å². The van der Waals surface area contributed by atoms with Crippen molar-refractivity contribution in [2.24, 2.45) is 0 Å². The summed E-state index contributed by atoms with van der Waals surface area (Å²) in [4.78, 5) is 0.227. The van der Waals surface area contributed by atoms with Crippen LogP contribution in [0.4, 0.5) is 5.69 Å². The Balaban J connectivity index is 2.32. The molecule has 0 saturated heterocycles. The van der Waals surface area contributed by atoms with Crippen molar-refractivity contribution in [3.05, 3.63) is 42.2 Å². The molecule has 0 aliphatic rings. The summed E-state index contributed by atoms with van der Waals surface area (Å²) in [5.74, 6) is 0. The van der Waals surface area contributed by atoms with Gasteiger partial charge in [0.2, 0.25) is 0 Å². The molecular formula is C12H15N3O2S. The fraction of sp³-hybridized carbons (Fsp3) is 0.250. The highest BCUT2D eigenvalue weighted by atomic mass is 32.2. The van der Waals surface area contributed by atoms with Gasteiger partial charge in [0, 0.05) is 18.1 Å². The first-order valence-electron chi connectivity index (χ1n) is 5.47. The van der Waals surface area contributed by atoms with E-state index in [4.69, 9.17) is 5.73 Å². The minimum absolute atomic E-state index is 0.0406. The number of rotatable bonds is 3. The number of anilines is 1. The predicted molar refractivity (Wildman–Crippen MR) is 70.0 cm³/mol. The number of sulfone groups is 1. The molecule has 0 spiro atoms. The van der Waals surface area contributed by atoms with Crippen LogP contribution in [-0.4, -0.2) is 24.5 Å². The van der Waals surface area contributed by atoms with E-state index in [9.17, 15) is 8.42 Å². The van der Waals surface area contributed by atoms with Crippen molar-refractivity contribution >= 4 is 15.5 Å². The Bertz CT molecular complexity index is 644. The van der Waals surface area contributed by atoms with Crippen molar-refractivity contribution in [2.75, 3.05) is 12.0 Å². The van der Waals surface area contributed by atoms with Gasteiger partial charge in [0.1, 0.15) is 4.90 Å². The van der Waals surface area contributed by atoms with E-state index in [-0.39, 0.29) is 10.9 Å². The van der Waals surface area contributed by atoms with Crippen molar-refractivity contribution in [1.29, 1.82) is 0 Å². The van der Waals surface area contributed by atoms with Crippen LogP contribution >= 0.6 is 0 Å². The van der Waals surface area contributed by atoms with E-state index in [0.717, 1.165) is 5.56 Å². The van der Waals surface area contributed by atoms with Crippen LogP contribution in [0.5, 0.6) is 0 Å². The quantitative estimate of drug-likeness (QED) is 0.853. The third-order valence-corrected chi connectivity index (χ3v) is 3.89. The van der Waals surface area contributed by atoms with Crippen LogP contribution < -0.4 is 5.73 Å². The zero-order valence-corrected chi connectivity index (χ0v) is 11.1. The molecular weight excluding hydrogens is 250 g/mol. The number of nitrogens with zero attached hydrogens (tertiary/aromatic N) is 2. The molecule has 1 aromatic carbocycles. The first kappa shape index (κ1) is 12.6. The highest BCUT2D eigenvalue weighted by Gasteiger charge is 2.14. The maximum absolute atomic E-state index is 11.4. The van der Waals surface area contributed by atoms with Gasteiger partial charge in [-0.2, -0.15) is 5.10 Å². The molecule has 0 bridgehead atoms. The molecule has 0 saturated carbocycles. The molecule has 1 atom stereocenters. The lowest BCUT2D eigenvalue weighted by Gasteiger charge is -2.12. The van der Waals surface area contributed by atoms with Gasteiger partial charge in [0.15, 0.2) is 9.84 Å². The summed E-state index contributed by atoms with van der Waals surface area (Å²) in [6.07, 6.45) is 4.07. The number of aromatic nitrogens is 2. The van der Waals surface area contributed by atoms with E-state index in [1.165, 1.54) is 18.6 Å². The summed E-state index contributed by atoms with van der Waals surface area (Å²) in [5.41, 5.74) is 7.34. The Morgan fingerprint density at radius 1 is 1.28 bits per heavy atom. The predicted octanol–water partition coefficient (Wildman–Crippen LogP) is 1.48. The molecule has 6 heteroatoms. The van der Waals surface area contributed by atoms with E-state index < -0.39 is 9.84 Å². The molecule has 0 aliphatic carbocycles. The second kappa shape index (κ2) is 4.45. The van der Waals surface area contributed by atoms with Crippen LogP contribution in [0.2, 0.25) is 0 Å². The lowest BCUT2D eigenvalue weighted by atomic mass is 10.1. The second-order valence-corrected chi connectivity index (χ2v) is 6.29. The molecule has 0 aliphatic heterocycles. The van der Waals surface area contributed by atoms with Crippen molar-refractivity contribution in [2.45, 2.75) is 17.9 Å². The molecule has 0 radical (unpaired) electrons. The van der Waals surface area contributed by atoms with Crippen molar-refractivity contribution in [1.82, 2.24) is 9.78 Å².